The Kier molecular flexibility index (Phi) is 6.56. The maximum absolute atomic E-state index is 12.0. The van der Waals surface area contributed by atoms with E-state index < -0.39 is 0 Å². The number of amides is 1. The summed E-state index contributed by atoms with van der Waals surface area (Å²) >= 11 is 0. The highest BCUT2D eigenvalue weighted by Crippen LogP contribution is 2.18. The van der Waals surface area contributed by atoms with Crippen LogP contribution < -0.4 is 5.32 Å². The van der Waals surface area contributed by atoms with Crippen molar-refractivity contribution in [3.63, 3.8) is 0 Å². The second-order valence-electron chi connectivity index (χ2n) is 6.51. The van der Waals surface area contributed by atoms with Crippen LogP contribution in [0, 0.1) is 13.8 Å². The van der Waals surface area contributed by atoms with E-state index in [9.17, 15) is 9.90 Å². The van der Waals surface area contributed by atoms with Crippen molar-refractivity contribution in [2.45, 2.75) is 27.7 Å². The summed E-state index contributed by atoms with van der Waals surface area (Å²) < 4.78 is 0. The van der Waals surface area contributed by atoms with Gasteiger partial charge >= 0.3 is 0 Å². The van der Waals surface area contributed by atoms with E-state index in [0.29, 0.717) is 5.69 Å². The Labute approximate surface area is 155 Å². The number of phenols is 1. The lowest BCUT2D eigenvalue weighted by Gasteiger charge is -2.04. The molecule has 1 amide bonds. The predicted octanol–water partition coefficient (Wildman–Crippen LogP) is 5.55. The fourth-order valence-electron chi connectivity index (χ4n) is 2.62. The SMILES string of the molecule is CC(C=CC=C(C)c1cc(C)cc(C)c1)=CC(=O)Nc1ccc(O)cc1. The zero-order valence-electron chi connectivity index (χ0n) is 15.7. The molecule has 2 rings (SSSR count). The number of nitrogens with one attached hydrogen (secondary N) is 1. The molecule has 3 heteroatoms. The minimum absolute atomic E-state index is 0.170. The van der Waals surface area contributed by atoms with Crippen molar-refractivity contribution in [1.29, 1.82) is 0 Å². The first kappa shape index (κ1) is 19.3. The monoisotopic (exact) mass is 347 g/mol. The fourth-order valence-corrected chi connectivity index (χ4v) is 2.62. The third-order valence-electron chi connectivity index (χ3n) is 3.88. The number of phenolic OH excluding ortho intramolecular Hbond substituents is 1. The van der Waals surface area contributed by atoms with Crippen LogP contribution in [0.3, 0.4) is 0 Å². The third kappa shape index (κ3) is 6.10. The topological polar surface area (TPSA) is 49.3 Å². The Morgan fingerprint density at radius 2 is 1.62 bits per heavy atom. The van der Waals surface area contributed by atoms with E-state index >= 15 is 0 Å². The van der Waals surface area contributed by atoms with Gasteiger partial charge in [-0.15, -0.1) is 0 Å². The molecule has 0 saturated carbocycles. The van der Waals surface area contributed by atoms with E-state index in [0.717, 1.165) is 5.57 Å². The van der Waals surface area contributed by atoms with E-state index in [1.807, 2.05) is 25.2 Å². The number of aryl methyl sites for hydroxylation is 2. The molecule has 2 aromatic carbocycles. The van der Waals surface area contributed by atoms with Gasteiger partial charge in [-0.05, 0) is 68.7 Å². The van der Waals surface area contributed by atoms with Gasteiger partial charge in [0.25, 0.3) is 0 Å². The molecule has 2 N–H and O–H groups in total. The molecular formula is C23H25NO2. The average molecular weight is 347 g/mol. The molecule has 0 spiro atoms. The maximum Gasteiger partial charge on any atom is 0.248 e. The predicted molar refractivity (Wildman–Crippen MR) is 109 cm³/mol. The summed E-state index contributed by atoms with van der Waals surface area (Å²) in [4.78, 5) is 12.0. The second kappa shape index (κ2) is 8.86. The third-order valence-corrected chi connectivity index (χ3v) is 3.88. The summed E-state index contributed by atoms with van der Waals surface area (Å²) in [5, 5.41) is 12.0. The number of anilines is 1. The Bertz CT molecular complexity index is 851. The van der Waals surface area contributed by atoms with Crippen LogP contribution in [-0.4, -0.2) is 11.0 Å². The molecule has 134 valence electrons. The number of aromatic hydroxyl groups is 1. The molecule has 2 aromatic rings. The first-order chi connectivity index (χ1) is 12.3. The van der Waals surface area contributed by atoms with Crippen LogP contribution in [0.25, 0.3) is 5.57 Å². The Morgan fingerprint density at radius 1 is 1.00 bits per heavy atom. The molecule has 3 nitrogen and oxygen atoms in total. The van der Waals surface area contributed by atoms with Gasteiger partial charge in [0.15, 0.2) is 0 Å². The van der Waals surface area contributed by atoms with E-state index in [1.165, 1.54) is 34.4 Å². The van der Waals surface area contributed by atoms with Gasteiger partial charge < -0.3 is 10.4 Å². The van der Waals surface area contributed by atoms with Crippen molar-refractivity contribution < 1.29 is 9.90 Å². The number of benzene rings is 2. The van der Waals surface area contributed by atoms with Gasteiger partial charge in [0.05, 0.1) is 0 Å². The molecule has 0 heterocycles. The van der Waals surface area contributed by atoms with Crippen molar-refractivity contribution in [1.82, 2.24) is 0 Å². The van der Waals surface area contributed by atoms with Crippen LogP contribution in [0.5, 0.6) is 5.75 Å². The number of rotatable bonds is 5. The van der Waals surface area contributed by atoms with Crippen LogP contribution in [0.2, 0.25) is 0 Å². The molecule has 26 heavy (non-hydrogen) atoms. The summed E-state index contributed by atoms with van der Waals surface area (Å²) in [5.74, 6) is -0.0311. The Balaban J connectivity index is 2.00. The van der Waals surface area contributed by atoms with Gasteiger partial charge in [0.2, 0.25) is 5.91 Å². The summed E-state index contributed by atoms with van der Waals surface area (Å²) in [6, 6.07) is 12.9. The highest BCUT2D eigenvalue weighted by Gasteiger charge is 1.99. The normalized spacial score (nSPS) is 12.5. The van der Waals surface area contributed by atoms with Crippen molar-refractivity contribution >= 4 is 17.2 Å². The van der Waals surface area contributed by atoms with Crippen molar-refractivity contribution in [3.05, 3.63) is 89.0 Å². The van der Waals surface area contributed by atoms with Crippen LogP contribution in [0.4, 0.5) is 5.69 Å². The molecule has 0 atom stereocenters. The van der Waals surface area contributed by atoms with E-state index in [-0.39, 0.29) is 11.7 Å². The van der Waals surface area contributed by atoms with Gasteiger partial charge in [-0.2, -0.15) is 0 Å². The number of carbonyl (C=O) groups is 1. The standard InChI is InChI=1S/C23H25NO2/c1-16(15-23(26)24-21-8-10-22(25)11-9-21)6-5-7-19(4)20-13-17(2)12-18(3)14-20/h5-15,25H,1-4H3,(H,24,26). The quantitative estimate of drug-likeness (QED) is 0.423. The molecular weight excluding hydrogens is 322 g/mol. The van der Waals surface area contributed by atoms with Crippen molar-refractivity contribution in [2.75, 3.05) is 5.32 Å². The van der Waals surface area contributed by atoms with Crippen LogP contribution in [0.1, 0.15) is 30.5 Å². The zero-order valence-corrected chi connectivity index (χ0v) is 15.7. The van der Waals surface area contributed by atoms with Crippen LogP contribution in [0.15, 0.2) is 72.3 Å². The van der Waals surface area contributed by atoms with Crippen LogP contribution in [-0.2, 0) is 4.79 Å². The lowest BCUT2D eigenvalue weighted by atomic mass is 10.0. The summed E-state index contributed by atoms with van der Waals surface area (Å²) in [5.41, 5.74) is 6.38. The Morgan fingerprint density at radius 3 is 2.23 bits per heavy atom. The maximum atomic E-state index is 12.0. The van der Waals surface area contributed by atoms with Crippen molar-refractivity contribution in [2.24, 2.45) is 0 Å². The van der Waals surface area contributed by atoms with Gasteiger partial charge in [-0.1, -0.05) is 47.6 Å². The first-order valence-electron chi connectivity index (χ1n) is 8.55. The number of allylic oxidation sites excluding steroid dienone is 5. The fraction of sp³-hybridized carbons (Fsp3) is 0.174. The molecule has 0 aliphatic heterocycles. The lowest BCUT2D eigenvalue weighted by molar-refractivity contribution is -0.111. The lowest BCUT2D eigenvalue weighted by Crippen LogP contribution is -2.08. The average Bonchev–Trinajstić information content (AvgIpc) is 2.55. The number of hydrogen-bond donors (Lipinski definition) is 2. The Hall–Kier alpha value is -3.07. The first-order valence-corrected chi connectivity index (χ1v) is 8.55. The van der Waals surface area contributed by atoms with Gasteiger partial charge in [-0.25, -0.2) is 0 Å². The molecule has 0 saturated heterocycles. The molecule has 0 aliphatic rings. The number of carbonyl (C=O) groups excluding carboxylic acids is 1. The minimum Gasteiger partial charge on any atom is -0.508 e. The molecule has 0 fully saturated rings. The summed E-state index contributed by atoms with van der Waals surface area (Å²) in [6.45, 7) is 8.15. The van der Waals surface area contributed by atoms with Gasteiger partial charge in [0.1, 0.15) is 5.75 Å². The van der Waals surface area contributed by atoms with Gasteiger partial charge in [0, 0.05) is 11.8 Å². The largest absolute Gasteiger partial charge is 0.508 e. The second-order valence-corrected chi connectivity index (χ2v) is 6.51. The highest BCUT2D eigenvalue weighted by molar-refractivity contribution is 6.00. The summed E-state index contributed by atoms with van der Waals surface area (Å²) in [7, 11) is 0. The molecule has 0 bridgehead atoms. The van der Waals surface area contributed by atoms with E-state index in [2.05, 4.69) is 44.3 Å². The molecule has 0 aliphatic carbocycles. The van der Waals surface area contributed by atoms with E-state index in [1.54, 1.807) is 18.2 Å². The molecule has 0 unspecified atom stereocenters. The number of hydrogen-bond acceptors (Lipinski definition) is 2. The van der Waals surface area contributed by atoms with E-state index in [4.69, 9.17) is 0 Å². The van der Waals surface area contributed by atoms with Crippen molar-refractivity contribution in [3.8, 4) is 5.75 Å². The summed E-state index contributed by atoms with van der Waals surface area (Å²) in [6.07, 6.45) is 7.45. The molecule has 0 aromatic heterocycles. The smallest absolute Gasteiger partial charge is 0.248 e. The molecule has 0 radical (unpaired) electrons. The highest BCUT2D eigenvalue weighted by atomic mass is 16.3. The zero-order chi connectivity index (χ0) is 19.1. The van der Waals surface area contributed by atoms with Gasteiger partial charge in [-0.3, -0.25) is 4.79 Å². The van der Waals surface area contributed by atoms with Crippen LogP contribution >= 0.6 is 0 Å². The minimum atomic E-state index is -0.201.